The van der Waals surface area contributed by atoms with Crippen LogP contribution >= 0.6 is 12.4 Å². The Labute approximate surface area is 128 Å². The monoisotopic (exact) mass is 320 g/mol. The van der Waals surface area contributed by atoms with Crippen LogP contribution in [0.15, 0.2) is 29.2 Å². The van der Waals surface area contributed by atoms with Crippen LogP contribution in [-0.2, 0) is 16.4 Å². The Balaban J connectivity index is 0.00000361. The average Bonchev–Trinajstić information content (AvgIpc) is 2.27. The van der Waals surface area contributed by atoms with Crippen molar-refractivity contribution in [1.82, 2.24) is 4.90 Å². The molecule has 0 saturated carbocycles. The van der Waals surface area contributed by atoms with Crippen molar-refractivity contribution in [3.8, 4) is 0 Å². The Bertz CT molecular complexity index is 512. The Hall–Kier alpha value is -0.620. The summed E-state index contributed by atoms with van der Waals surface area (Å²) in [4.78, 5) is 2.56. The topological polar surface area (TPSA) is 63.4 Å². The smallest absolute Gasteiger partial charge is 0.175 e. The van der Waals surface area contributed by atoms with Crippen molar-refractivity contribution in [1.29, 1.82) is 0 Å². The van der Waals surface area contributed by atoms with Gasteiger partial charge >= 0.3 is 0 Å². The zero-order valence-electron chi connectivity index (χ0n) is 12.6. The van der Waals surface area contributed by atoms with Gasteiger partial charge in [0.1, 0.15) is 0 Å². The van der Waals surface area contributed by atoms with E-state index in [-0.39, 0.29) is 17.8 Å². The van der Waals surface area contributed by atoms with Crippen LogP contribution in [0.4, 0.5) is 0 Å². The standard InChI is InChI=1S/C14H24N2O2S.ClH/c1-14(2,10-15)11-16(3)9-12-5-7-13(8-6-12)19(4,17)18;/h5-8H,9-11,15H2,1-4H3;1H. The van der Waals surface area contributed by atoms with Crippen molar-refractivity contribution in [2.24, 2.45) is 11.1 Å². The molecule has 1 aromatic carbocycles. The molecule has 0 bridgehead atoms. The van der Waals surface area contributed by atoms with Gasteiger partial charge in [-0.05, 0) is 36.7 Å². The summed E-state index contributed by atoms with van der Waals surface area (Å²) in [6.45, 7) is 6.60. The Kier molecular flexibility index (Phi) is 7.18. The number of halogens is 1. The van der Waals surface area contributed by atoms with Crippen molar-refractivity contribution in [3.05, 3.63) is 29.8 Å². The number of benzene rings is 1. The minimum atomic E-state index is -3.11. The maximum Gasteiger partial charge on any atom is 0.175 e. The lowest BCUT2D eigenvalue weighted by Crippen LogP contribution is -2.36. The molecule has 0 spiro atoms. The second kappa shape index (κ2) is 7.41. The summed E-state index contributed by atoms with van der Waals surface area (Å²) >= 11 is 0. The first-order valence-corrected chi connectivity index (χ1v) is 8.21. The summed E-state index contributed by atoms with van der Waals surface area (Å²) in [5.41, 5.74) is 6.91. The summed E-state index contributed by atoms with van der Waals surface area (Å²) in [5.74, 6) is 0. The third-order valence-corrected chi connectivity index (χ3v) is 4.18. The summed E-state index contributed by atoms with van der Waals surface area (Å²) in [6, 6.07) is 7.05. The van der Waals surface area contributed by atoms with Gasteiger partial charge in [-0.3, -0.25) is 0 Å². The van der Waals surface area contributed by atoms with Gasteiger partial charge in [-0.25, -0.2) is 8.42 Å². The molecule has 0 atom stereocenters. The molecule has 0 saturated heterocycles. The molecule has 0 fully saturated rings. The summed E-state index contributed by atoms with van der Waals surface area (Å²) < 4.78 is 22.7. The predicted molar refractivity (Wildman–Crippen MR) is 86.0 cm³/mol. The van der Waals surface area contributed by atoms with Crippen LogP contribution in [0, 0.1) is 5.41 Å². The quantitative estimate of drug-likeness (QED) is 0.870. The van der Waals surface area contributed by atoms with Gasteiger partial charge in [0.25, 0.3) is 0 Å². The van der Waals surface area contributed by atoms with E-state index in [1.165, 1.54) is 6.26 Å². The zero-order chi connectivity index (χ0) is 14.7. The van der Waals surface area contributed by atoms with Crippen LogP contribution in [0.1, 0.15) is 19.4 Å². The number of nitrogens with two attached hydrogens (primary N) is 1. The normalized spacial score (nSPS) is 12.3. The highest BCUT2D eigenvalue weighted by molar-refractivity contribution is 7.90. The lowest BCUT2D eigenvalue weighted by Gasteiger charge is -2.29. The number of nitrogens with zero attached hydrogens (tertiary/aromatic N) is 1. The van der Waals surface area contributed by atoms with E-state index in [1.807, 2.05) is 19.2 Å². The van der Waals surface area contributed by atoms with Crippen LogP contribution in [-0.4, -0.2) is 39.7 Å². The minimum Gasteiger partial charge on any atom is -0.330 e. The molecule has 0 heterocycles. The van der Waals surface area contributed by atoms with Gasteiger partial charge in [-0.15, -0.1) is 12.4 Å². The van der Waals surface area contributed by atoms with E-state index in [9.17, 15) is 8.42 Å². The molecule has 0 amide bonds. The number of hydrogen-bond acceptors (Lipinski definition) is 4. The molecular weight excluding hydrogens is 296 g/mol. The van der Waals surface area contributed by atoms with Crippen molar-refractivity contribution in [2.75, 3.05) is 26.4 Å². The number of hydrogen-bond donors (Lipinski definition) is 1. The molecule has 0 unspecified atom stereocenters. The highest BCUT2D eigenvalue weighted by atomic mass is 35.5. The average molecular weight is 321 g/mol. The van der Waals surface area contributed by atoms with Crippen LogP contribution in [0.3, 0.4) is 0 Å². The van der Waals surface area contributed by atoms with E-state index in [4.69, 9.17) is 5.73 Å². The van der Waals surface area contributed by atoms with Crippen LogP contribution in [0.25, 0.3) is 0 Å². The number of rotatable bonds is 6. The van der Waals surface area contributed by atoms with E-state index in [0.717, 1.165) is 18.7 Å². The fourth-order valence-corrected chi connectivity index (χ4v) is 2.64. The van der Waals surface area contributed by atoms with Crippen LogP contribution in [0.2, 0.25) is 0 Å². The second-order valence-corrected chi connectivity index (χ2v) is 7.97. The molecule has 2 N–H and O–H groups in total. The Morgan fingerprint density at radius 2 is 1.70 bits per heavy atom. The molecule has 0 aliphatic carbocycles. The highest BCUT2D eigenvalue weighted by Gasteiger charge is 2.18. The molecule has 0 radical (unpaired) electrons. The molecule has 0 aliphatic heterocycles. The molecular formula is C14H25ClN2O2S. The fourth-order valence-electron chi connectivity index (χ4n) is 2.00. The van der Waals surface area contributed by atoms with Gasteiger partial charge in [0, 0.05) is 19.3 Å². The van der Waals surface area contributed by atoms with E-state index in [0.29, 0.717) is 11.4 Å². The molecule has 6 heteroatoms. The summed E-state index contributed by atoms with van der Waals surface area (Å²) in [7, 11) is -1.07. The predicted octanol–water partition coefficient (Wildman–Crippen LogP) is 1.93. The van der Waals surface area contributed by atoms with Crippen LogP contribution < -0.4 is 5.73 Å². The lowest BCUT2D eigenvalue weighted by atomic mass is 9.93. The maximum absolute atomic E-state index is 11.4. The molecule has 116 valence electrons. The van der Waals surface area contributed by atoms with Crippen molar-refractivity contribution in [2.45, 2.75) is 25.3 Å². The van der Waals surface area contributed by atoms with Gasteiger partial charge in [0.05, 0.1) is 4.90 Å². The molecule has 0 aromatic heterocycles. The molecule has 1 rings (SSSR count). The lowest BCUT2D eigenvalue weighted by molar-refractivity contribution is 0.210. The third-order valence-electron chi connectivity index (χ3n) is 3.05. The first-order chi connectivity index (χ1) is 8.64. The number of sulfone groups is 1. The first-order valence-electron chi connectivity index (χ1n) is 6.32. The zero-order valence-corrected chi connectivity index (χ0v) is 14.2. The van der Waals surface area contributed by atoms with E-state index in [1.54, 1.807) is 12.1 Å². The molecule has 4 nitrogen and oxygen atoms in total. The minimum absolute atomic E-state index is 0. The fraction of sp³-hybridized carbons (Fsp3) is 0.571. The molecule has 20 heavy (non-hydrogen) atoms. The Morgan fingerprint density at radius 3 is 2.10 bits per heavy atom. The van der Waals surface area contributed by atoms with Gasteiger partial charge in [-0.2, -0.15) is 0 Å². The van der Waals surface area contributed by atoms with E-state index >= 15 is 0 Å². The maximum atomic E-state index is 11.4. The van der Waals surface area contributed by atoms with Gasteiger partial charge in [-0.1, -0.05) is 26.0 Å². The molecule has 0 aliphatic rings. The summed E-state index contributed by atoms with van der Waals surface area (Å²) in [6.07, 6.45) is 1.22. The van der Waals surface area contributed by atoms with Gasteiger partial charge < -0.3 is 10.6 Å². The largest absolute Gasteiger partial charge is 0.330 e. The highest BCUT2D eigenvalue weighted by Crippen LogP contribution is 2.16. The van der Waals surface area contributed by atoms with E-state index < -0.39 is 9.84 Å². The molecule has 1 aromatic rings. The van der Waals surface area contributed by atoms with Crippen molar-refractivity contribution < 1.29 is 8.42 Å². The summed E-state index contributed by atoms with van der Waals surface area (Å²) in [5, 5.41) is 0. The van der Waals surface area contributed by atoms with Gasteiger partial charge in [0.15, 0.2) is 9.84 Å². The third kappa shape index (κ3) is 6.22. The second-order valence-electron chi connectivity index (χ2n) is 5.96. The first kappa shape index (κ1) is 19.4. The van der Waals surface area contributed by atoms with Crippen LogP contribution in [0.5, 0.6) is 0 Å². The van der Waals surface area contributed by atoms with E-state index in [2.05, 4.69) is 18.7 Å². The SMILES string of the molecule is CN(Cc1ccc(S(C)(=O)=O)cc1)CC(C)(C)CN.Cl. The Morgan fingerprint density at radius 1 is 1.20 bits per heavy atom. The van der Waals surface area contributed by atoms with Gasteiger partial charge in [0.2, 0.25) is 0 Å². The van der Waals surface area contributed by atoms with Crippen molar-refractivity contribution >= 4 is 22.2 Å². The van der Waals surface area contributed by atoms with Crippen molar-refractivity contribution in [3.63, 3.8) is 0 Å².